The summed E-state index contributed by atoms with van der Waals surface area (Å²) in [4.78, 5) is 18.2. The van der Waals surface area contributed by atoms with Crippen molar-refractivity contribution in [2.75, 3.05) is 12.3 Å². The number of pyridine rings is 1. The Balaban J connectivity index is 1.74. The van der Waals surface area contributed by atoms with Crippen LogP contribution in [-0.4, -0.2) is 28.4 Å². The van der Waals surface area contributed by atoms with Gasteiger partial charge in [-0.05, 0) is 30.1 Å². The number of carbonyl (C=O) groups excluding carboxylic acids is 1. The summed E-state index contributed by atoms with van der Waals surface area (Å²) < 4.78 is 0. The second-order valence-electron chi connectivity index (χ2n) is 5.83. The van der Waals surface area contributed by atoms with Crippen molar-refractivity contribution in [3.63, 3.8) is 0 Å². The first-order chi connectivity index (χ1) is 9.72. The van der Waals surface area contributed by atoms with Crippen molar-refractivity contribution in [3.05, 3.63) is 41.7 Å². The van der Waals surface area contributed by atoms with Crippen LogP contribution in [0.5, 0.6) is 0 Å². The number of nitrogens with two attached hydrogens (primary N) is 1. The lowest BCUT2D eigenvalue weighted by Gasteiger charge is -2.37. The lowest BCUT2D eigenvalue weighted by atomic mass is 9.79. The van der Waals surface area contributed by atoms with Crippen molar-refractivity contribution < 1.29 is 4.79 Å². The van der Waals surface area contributed by atoms with Gasteiger partial charge in [0.25, 0.3) is 0 Å². The Labute approximate surface area is 118 Å². The molecular formula is C16H17N3O. The molecule has 1 unspecified atom stereocenters. The van der Waals surface area contributed by atoms with Gasteiger partial charge in [-0.15, -0.1) is 0 Å². The third-order valence-corrected chi connectivity index (χ3v) is 4.60. The number of anilines is 1. The van der Waals surface area contributed by atoms with Crippen molar-refractivity contribution in [2.45, 2.75) is 25.3 Å². The molecule has 3 heterocycles. The lowest BCUT2D eigenvalue weighted by Crippen LogP contribution is -2.45. The molecule has 2 N–H and O–H groups in total. The van der Waals surface area contributed by atoms with Crippen LogP contribution in [0, 0.1) is 5.92 Å². The monoisotopic (exact) mass is 267 g/mol. The molecule has 4 heteroatoms. The number of nitrogen functional groups attached to an aromatic ring is 1. The van der Waals surface area contributed by atoms with Crippen molar-refractivity contribution in [1.29, 1.82) is 0 Å². The van der Waals surface area contributed by atoms with Crippen LogP contribution in [-0.2, 0) is 4.79 Å². The zero-order valence-electron chi connectivity index (χ0n) is 11.2. The van der Waals surface area contributed by atoms with Crippen molar-refractivity contribution in [2.24, 2.45) is 5.92 Å². The van der Waals surface area contributed by atoms with Gasteiger partial charge in [0, 0.05) is 36.8 Å². The van der Waals surface area contributed by atoms with Crippen LogP contribution >= 0.6 is 0 Å². The summed E-state index contributed by atoms with van der Waals surface area (Å²) in [6.45, 7) is 0.877. The van der Waals surface area contributed by atoms with Gasteiger partial charge in [0.05, 0.1) is 11.7 Å². The van der Waals surface area contributed by atoms with Gasteiger partial charge in [-0.2, -0.15) is 0 Å². The highest BCUT2D eigenvalue weighted by Crippen LogP contribution is 2.42. The molecule has 2 aliphatic heterocycles. The molecule has 1 aromatic rings. The Hall–Kier alpha value is -2.10. The number of aromatic nitrogens is 1. The summed E-state index contributed by atoms with van der Waals surface area (Å²) in [6, 6.07) is 2.28. The van der Waals surface area contributed by atoms with E-state index in [1.165, 1.54) is 11.1 Å². The third-order valence-electron chi connectivity index (χ3n) is 4.60. The summed E-state index contributed by atoms with van der Waals surface area (Å²) in [7, 11) is 0. The fraction of sp³-hybridized carbons (Fsp3) is 0.375. The Bertz CT molecular complexity index is 647. The zero-order valence-corrected chi connectivity index (χ0v) is 11.2. The number of hydrogen-bond acceptors (Lipinski definition) is 3. The topological polar surface area (TPSA) is 59.2 Å². The van der Waals surface area contributed by atoms with E-state index in [2.05, 4.69) is 22.0 Å². The van der Waals surface area contributed by atoms with Crippen LogP contribution in [0.1, 0.15) is 24.8 Å². The van der Waals surface area contributed by atoms with Gasteiger partial charge in [-0.3, -0.25) is 9.78 Å². The first kappa shape index (κ1) is 11.7. The fourth-order valence-corrected chi connectivity index (χ4v) is 3.72. The van der Waals surface area contributed by atoms with Gasteiger partial charge in [0.1, 0.15) is 0 Å². The number of allylic oxidation sites excluding steroid dienone is 2. The molecule has 20 heavy (non-hydrogen) atoms. The van der Waals surface area contributed by atoms with E-state index in [-0.39, 0.29) is 0 Å². The molecule has 4 nitrogen and oxygen atoms in total. The summed E-state index contributed by atoms with van der Waals surface area (Å²) >= 11 is 0. The first-order valence-corrected chi connectivity index (χ1v) is 7.15. The number of rotatable bonds is 1. The van der Waals surface area contributed by atoms with Crippen molar-refractivity contribution in [1.82, 2.24) is 9.88 Å². The van der Waals surface area contributed by atoms with E-state index >= 15 is 0 Å². The highest BCUT2D eigenvalue weighted by molar-refractivity contribution is 5.82. The van der Waals surface area contributed by atoms with E-state index in [0.717, 1.165) is 24.9 Å². The largest absolute Gasteiger partial charge is 0.397 e. The van der Waals surface area contributed by atoms with E-state index in [4.69, 9.17) is 5.73 Å². The van der Waals surface area contributed by atoms with Crippen LogP contribution in [0.4, 0.5) is 5.69 Å². The molecule has 0 bridgehead atoms. The van der Waals surface area contributed by atoms with Gasteiger partial charge in [-0.1, -0.05) is 12.2 Å². The van der Waals surface area contributed by atoms with E-state index in [9.17, 15) is 4.79 Å². The highest BCUT2D eigenvalue weighted by Gasteiger charge is 2.42. The minimum Gasteiger partial charge on any atom is -0.397 e. The Kier molecular flexibility index (Phi) is 2.46. The molecule has 2 fully saturated rings. The van der Waals surface area contributed by atoms with Crippen LogP contribution in [0.3, 0.4) is 0 Å². The number of piperidine rings is 1. The van der Waals surface area contributed by atoms with Crippen LogP contribution < -0.4 is 5.73 Å². The van der Waals surface area contributed by atoms with Crippen LogP contribution in [0.25, 0.3) is 5.57 Å². The molecule has 0 aromatic carbocycles. The molecule has 1 amide bonds. The van der Waals surface area contributed by atoms with Crippen LogP contribution in [0.15, 0.2) is 36.2 Å². The zero-order chi connectivity index (χ0) is 13.7. The Morgan fingerprint density at radius 3 is 3.05 bits per heavy atom. The van der Waals surface area contributed by atoms with Gasteiger partial charge in [0.2, 0.25) is 5.91 Å². The average molecular weight is 267 g/mol. The standard InChI is InChI=1S/C16H17N3O/c17-14-7-13(8-18-9-14)12-5-10-1-2-15(20)19-4-3-11(6-12)16(10)19/h5-10,16H,1-4,17H2/t10-,16?/m0/s1. The molecule has 0 saturated carbocycles. The van der Waals surface area contributed by atoms with E-state index in [0.29, 0.717) is 30.0 Å². The van der Waals surface area contributed by atoms with E-state index in [1.807, 2.05) is 12.3 Å². The predicted molar refractivity (Wildman–Crippen MR) is 77.6 cm³/mol. The molecule has 1 aromatic heterocycles. The highest BCUT2D eigenvalue weighted by atomic mass is 16.2. The summed E-state index contributed by atoms with van der Waals surface area (Å²) in [6.07, 6.45) is 10.7. The maximum atomic E-state index is 12.0. The molecule has 2 atom stereocenters. The van der Waals surface area contributed by atoms with Crippen molar-refractivity contribution >= 4 is 17.2 Å². The quantitative estimate of drug-likeness (QED) is 0.846. The van der Waals surface area contributed by atoms with Gasteiger partial charge in [-0.25, -0.2) is 0 Å². The number of hydrogen-bond donors (Lipinski definition) is 1. The average Bonchev–Trinajstić information content (AvgIpc) is 2.88. The maximum Gasteiger partial charge on any atom is 0.223 e. The molecular weight excluding hydrogens is 250 g/mol. The molecule has 0 spiro atoms. The number of carbonyl (C=O) groups is 1. The fourth-order valence-electron chi connectivity index (χ4n) is 3.72. The normalized spacial score (nSPS) is 28.0. The second-order valence-corrected chi connectivity index (χ2v) is 5.83. The Morgan fingerprint density at radius 2 is 2.20 bits per heavy atom. The summed E-state index contributed by atoms with van der Waals surface area (Å²) in [5.41, 5.74) is 10.2. The molecule has 0 radical (unpaired) electrons. The maximum absolute atomic E-state index is 12.0. The molecule has 3 aliphatic rings. The molecule has 102 valence electrons. The van der Waals surface area contributed by atoms with E-state index < -0.39 is 0 Å². The first-order valence-electron chi connectivity index (χ1n) is 7.15. The summed E-state index contributed by atoms with van der Waals surface area (Å²) in [5, 5.41) is 0. The number of nitrogens with zero attached hydrogens (tertiary/aromatic N) is 2. The second kappa shape index (κ2) is 4.20. The molecule has 2 saturated heterocycles. The van der Waals surface area contributed by atoms with E-state index in [1.54, 1.807) is 6.20 Å². The molecule has 4 rings (SSSR count). The SMILES string of the molecule is Nc1cncc(C2=C[C@@H]3CCC(=O)N4CCC(=C2)C34)c1. The summed E-state index contributed by atoms with van der Waals surface area (Å²) in [5.74, 6) is 0.767. The lowest BCUT2D eigenvalue weighted by molar-refractivity contribution is -0.135. The Morgan fingerprint density at radius 1 is 1.30 bits per heavy atom. The van der Waals surface area contributed by atoms with Crippen molar-refractivity contribution in [3.8, 4) is 0 Å². The van der Waals surface area contributed by atoms with Gasteiger partial charge >= 0.3 is 0 Å². The van der Waals surface area contributed by atoms with Crippen LogP contribution in [0.2, 0.25) is 0 Å². The van der Waals surface area contributed by atoms with Gasteiger partial charge in [0.15, 0.2) is 0 Å². The predicted octanol–water partition coefficient (Wildman–Crippen LogP) is 2.00. The van der Waals surface area contributed by atoms with Gasteiger partial charge < -0.3 is 10.6 Å². The minimum atomic E-state index is 0.314. The number of amides is 1. The third kappa shape index (κ3) is 1.68. The molecule has 1 aliphatic carbocycles. The minimum absolute atomic E-state index is 0.314. The smallest absolute Gasteiger partial charge is 0.223 e.